The van der Waals surface area contributed by atoms with Crippen molar-refractivity contribution < 1.29 is 29.0 Å². The highest BCUT2D eigenvalue weighted by molar-refractivity contribution is 9.10. The van der Waals surface area contributed by atoms with Crippen LogP contribution in [0.4, 0.5) is 10.5 Å². The van der Waals surface area contributed by atoms with Gasteiger partial charge in [-0.3, -0.25) is 14.9 Å². The van der Waals surface area contributed by atoms with E-state index in [-0.39, 0.29) is 23.6 Å². The zero-order valence-electron chi connectivity index (χ0n) is 18.6. The minimum Gasteiger partial charge on any atom is -0.508 e. The summed E-state index contributed by atoms with van der Waals surface area (Å²) in [5.74, 6) is -0.953. The molecule has 0 atom stereocenters. The Labute approximate surface area is 224 Å². The average molecular weight is 592 g/mol. The highest BCUT2D eigenvalue weighted by atomic mass is 79.9. The summed E-state index contributed by atoms with van der Waals surface area (Å²) in [7, 11) is 1.45. The van der Waals surface area contributed by atoms with Gasteiger partial charge in [0.1, 0.15) is 17.9 Å². The fraction of sp³-hybridized carbons (Fsp3) is 0.0800. The summed E-state index contributed by atoms with van der Waals surface area (Å²) < 4.78 is 11.9. The van der Waals surface area contributed by atoms with Crippen molar-refractivity contribution in [3.8, 4) is 17.2 Å². The second kappa shape index (κ2) is 10.6. The Kier molecular flexibility index (Phi) is 7.53. The van der Waals surface area contributed by atoms with Gasteiger partial charge in [0, 0.05) is 0 Å². The van der Waals surface area contributed by atoms with Gasteiger partial charge in [0.15, 0.2) is 11.5 Å². The molecular formula is C25H17BrCl2N2O6. The number of barbiturate groups is 1. The van der Waals surface area contributed by atoms with Crippen molar-refractivity contribution in [1.29, 1.82) is 0 Å². The summed E-state index contributed by atoms with van der Waals surface area (Å²) >= 11 is 15.5. The van der Waals surface area contributed by atoms with Gasteiger partial charge in [-0.05, 0) is 81.7 Å². The van der Waals surface area contributed by atoms with Crippen LogP contribution in [0.1, 0.15) is 11.1 Å². The molecule has 4 amide bonds. The van der Waals surface area contributed by atoms with E-state index >= 15 is 0 Å². The van der Waals surface area contributed by atoms with E-state index in [4.69, 9.17) is 32.7 Å². The normalized spacial score (nSPS) is 14.7. The molecule has 1 aliphatic rings. The number of methoxy groups -OCH3 is 1. The molecule has 3 aromatic carbocycles. The number of anilines is 1. The Morgan fingerprint density at radius 2 is 1.75 bits per heavy atom. The number of ether oxygens (including phenoxy) is 2. The van der Waals surface area contributed by atoms with Crippen LogP contribution in [-0.4, -0.2) is 30.1 Å². The summed E-state index contributed by atoms with van der Waals surface area (Å²) in [5, 5.41) is 12.5. The van der Waals surface area contributed by atoms with Crippen LogP contribution >= 0.6 is 39.1 Å². The summed E-state index contributed by atoms with van der Waals surface area (Å²) in [5.41, 5.74) is 1.16. The lowest BCUT2D eigenvalue weighted by Gasteiger charge is -2.26. The third-order valence-electron chi connectivity index (χ3n) is 5.14. The molecule has 0 radical (unpaired) electrons. The first-order valence-corrected chi connectivity index (χ1v) is 11.9. The van der Waals surface area contributed by atoms with Crippen LogP contribution in [0, 0.1) is 0 Å². The lowest BCUT2D eigenvalue weighted by molar-refractivity contribution is -0.122. The van der Waals surface area contributed by atoms with E-state index in [9.17, 15) is 19.5 Å². The Bertz CT molecular complexity index is 1410. The first-order chi connectivity index (χ1) is 17.2. The number of hydrogen-bond donors (Lipinski definition) is 2. The van der Waals surface area contributed by atoms with Crippen molar-refractivity contribution in [2.24, 2.45) is 0 Å². The summed E-state index contributed by atoms with van der Waals surface area (Å²) in [6, 6.07) is 12.9. The number of nitrogens with one attached hydrogen (secondary N) is 1. The van der Waals surface area contributed by atoms with Crippen molar-refractivity contribution in [2.75, 3.05) is 12.0 Å². The second-order valence-electron chi connectivity index (χ2n) is 7.55. The van der Waals surface area contributed by atoms with Crippen LogP contribution in [0.5, 0.6) is 17.2 Å². The fourth-order valence-electron chi connectivity index (χ4n) is 3.41. The van der Waals surface area contributed by atoms with Crippen LogP contribution < -0.4 is 19.7 Å². The molecule has 1 heterocycles. The average Bonchev–Trinajstić information content (AvgIpc) is 2.84. The van der Waals surface area contributed by atoms with Gasteiger partial charge in [0.05, 0.1) is 27.3 Å². The molecule has 0 aromatic heterocycles. The smallest absolute Gasteiger partial charge is 0.335 e. The molecule has 0 unspecified atom stereocenters. The van der Waals surface area contributed by atoms with Crippen molar-refractivity contribution in [3.05, 3.63) is 85.8 Å². The summed E-state index contributed by atoms with van der Waals surface area (Å²) in [6.07, 6.45) is 1.34. The highest BCUT2D eigenvalue weighted by Crippen LogP contribution is 2.38. The molecule has 8 nitrogen and oxygen atoms in total. The molecule has 11 heteroatoms. The van der Waals surface area contributed by atoms with Gasteiger partial charge in [0.25, 0.3) is 11.8 Å². The standard InChI is InChI=1S/C25H17BrCl2N2O6/c1-35-21-11-14(9-18(26)22(21)36-12-13-2-7-19(27)20(28)10-13)8-17-23(32)29-25(34)30(24(17)33)15-3-5-16(31)6-4-15/h2-11,31H,12H2,1H3,(H,29,32,34)/b17-8+. The van der Waals surface area contributed by atoms with Crippen LogP contribution in [0.2, 0.25) is 10.0 Å². The van der Waals surface area contributed by atoms with E-state index in [1.165, 1.54) is 37.5 Å². The molecule has 0 aliphatic carbocycles. The number of benzene rings is 3. The van der Waals surface area contributed by atoms with Gasteiger partial charge in [-0.1, -0.05) is 29.3 Å². The molecule has 184 valence electrons. The maximum Gasteiger partial charge on any atom is 0.335 e. The number of amides is 4. The van der Waals surface area contributed by atoms with Gasteiger partial charge >= 0.3 is 6.03 Å². The number of aromatic hydroxyl groups is 1. The predicted molar refractivity (Wildman–Crippen MR) is 139 cm³/mol. The maximum atomic E-state index is 13.1. The lowest BCUT2D eigenvalue weighted by Crippen LogP contribution is -2.54. The number of imide groups is 2. The molecule has 36 heavy (non-hydrogen) atoms. The molecule has 2 N–H and O–H groups in total. The minimum absolute atomic E-state index is 0.0335. The Morgan fingerprint density at radius 1 is 1.03 bits per heavy atom. The van der Waals surface area contributed by atoms with Crippen LogP contribution in [0.25, 0.3) is 6.08 Å². The Hall–Kier alpha value is -3.53. The third kappa shape index (κ3) is 5.33. The number of phenolic OH excluding ortho intramolecular Hbond substituents is 1. The van der Waals surface area contributed by atoms with E-state index in [0.29, 0.717) is 31.6 Å². The van der Waals surface area contributed by atoms with E-state index in [1.807, 2.05) is 0 Å². The first-order valence-electron chi connectivity index (χ1n) is 10.3. The number of hydrogen-bond acceptors (Lipinski definition) is 6. The van der Waals surface area contributed by atoms with E-state index in [1.54, 1.807) is 30.3 Å². The second-order valence-corrected chi connectivity index (χ2v) is 9.21. The number of halogens is 3. The predicted octanol–water partition coefficient (Wildman–Crippen LogP) is 5.72. The van der Waals surface area contributed by atoms with Crippen molar-refractivity contribution in [2.45, 2.75) is 6.61 Å². The molecule has 0 saturated carbocycles. The molecule has 1 aliphatic heterocycles. The number of urea groups is 1. The first kappa shape index (κ1) is 25.6. The fourth-order valence-corrected chi connectivity index (χ4v) is 4.30. The highest BCUT2D eigenvalue weighted by Gasteiger charge is 2.36. The van der Waals surface area contributed by atoms with Crippen LogP contribution in [0.3, 0.4) is 0 Å². The minimum atomic E-state index is -0.891. The van der Waals surface area contributed by atoms with Crippen LogP contribution in [-0.2, 0) is 16.2 Å². The van der Waals surface area contributed by atoms with Crippen molar-refractivity contribution in [1.82, 2.24) is 5.32 Å². The molecule has 1 saturated heterocycles. The van der Waals surface area contributed by atoms with Crippen LogP contribution in [0.15, 0.2) is 64.6 Å². The Morgan fingerprint density at radius 3 is 2.42 bits per heavy atom. The molecule has 0 spiro atoms. The SMILES string of the molecule is COc1cc(/C=C2\C(=O)NC(=O)N(c3ccc(O)cc3)C2=O)cc(Br)c1OCc1ccc(Cl)c(Cl)c1. The van der Waals surface area contributed by atoms with Gasteiger partial charge in [-0.25, -0.2) is 9.69 Å². The molecule has 3 aromatic rings. The number of carbonyl (C=O) groups is 3. The molecule has 1 fully saturated rings. The lowest BCUT2D eigenvalue weighted by atomic mass is 10.1. The van der Waals surface area contributed by atoms with E-state index in [0.717, 1.165) is 10.5 Å². The Balaban J connectivity index is 1.63. The van der Waals surface area contributed by atoms with Gasteiger partial charge in [-0.2, -0.15) is 0 Å². The van der Waals surface area contributed by atoms with Gasteiger partial charge in [-0.15, -0.1) is 0 Å². The maximum absolute atomic E-state index is 13.1. The van der Waals surface area contributed by atoms with E-state index < -0.39 is 17.8 Å². The topological polar surface area (TPSA) is 105 Å². The number of nitrogens with zero attached hydrogens (tertiary/aromatic N) is 1. The van der Waals surface area contributed by atoms with Crippen molar-refractivity contribution >= 4 is 68.7 Å². The summed E-state index contributed by atoms with van der Waals surface area (Å²) in [6.45, 7) is 0.177. The monoisotopic (exact) mass is 590 g/mol. The molecule has 4 rings (SSSR count). The number of phenols is 1. The number of carbonyl (C=O) groups excluding carboxylic acids is 3. The largest absolute Gasteiger partial charge is 0.508 e. The van der Waals surface area contributed by atoms with Gasteiger partial charge < -0.3 is 14.6 Å². The zero-order valence-corrected chi connectivity index (χ0v) is 21.6. The molecular weight excluding hydrogens is 575 g/mol. The van der Waals surface area contributed by atoms with Gasteiger partial charge in [0.2, 0.25) is 0 Å². The third-order valence-corrected chi connectivity index (χ3v) is 6.47. The molecule has 0 bridgehead atoms. The van der Waals surface area contributed by atoms with E-state index in [2.05, 4.69) is 21.2 Å². The quantitative estimate of drug-likeness (QED) is 0.281. The number of rotatable bonds is 6. The van der Waals surface area contributed by atoms with Crippen molar-refractivity contribution in [3.63, 3.8) is 0 Å². The summed E-state index contributed by atoms with van der Waals surface area (Å²) in [4.78, 5) is 38.7. The zero-order chi connectivity index (χ0) is 26.0.